The minimum absolute atomic E-state index is 0.268. The van der Waals surface area contributed by atoms with Crippen LogP contribution >= 0.6 is 11.6 Å². The van der Waals surface area contributed by atoms with Crippen molar-refractivity contribution in [3.8, 4) is 17.2 Å². The SMILES string of the molecule is O=C(O)C1Oc2ccc(Oc3ccc(Cl)cc3)cc2C(C2CCCCC2)(C2CCCCC2)O1. The lowest BCUT2D eigenvalue weighted by atomic mass is 9.63. The number of hydrogen-bond donors (Lipinski definition) is 1. The number of benzene rings is 2. The Morgan fingerprint density at radius 1 is 0.879 bits per heavy atom. The molecule has 5 nitrogen and oxygen atoms in total. The van der Waals surface area contributed by atoms with Crippen LogP contribution in [0.15, 0.2) is 42.5 Å². The first-order valence-electron chi connectivity index (χ1n) is 12.2. The third-order valence-electron chi connectivity index (χ3n) is 7.58. The minimum Gasteiger partial charge on any atom is -0.477 e. The van der Waals surface area contributed by atoms with Crippen molar-refractivity contribution in [2.75, 3.05) is 0 Å². The van der Waals surface area contributed by atoms with Crippen LogP contribution in [-0.2, 0) is 15.1 Å². The van der Waals surface area contributed by atoms with Gasteiger partial charge in [-0.15, -0.1) is 0 Å². The highest BCUT2D eigenvalue weighted by Gasteiger charge is 2.54. The van der Waals surface area contributed by atoms with Crippen molar-refractivity contribution in [1.29, 1.82) is 0 Å². The average molecular weight is 471 g/mol. The molecule has 0 aromatic heterocycles. The van der Waals surface area contributed by atoms with Gasteiger partial charge in [0.15, 0.2) is 0 Å². The lowest BCUT2D eigenvalue weighted by molar-refractivity contribution is -0.252. The molecular weight excluding hydrogens is 440 g/mol. The Balaban J connectivity index is 1.60. The molecule has 176 valence electrons. The molecule has 2 aromatic carbocycles. The normalized spacial score (nSPS) is 23.4. The molecule has 5 rings (SSSR count). The predicted octanol–water partition coefficient (Wildman–Crippen LogP) is 7.31. The van der Waals surface area contributed by atoms with Crippen LogP contribution in [0.5, 0.6) is 17.2 Å². The average Bonchev–Trinajstić information content (AvgIpc) is 2.86. The molecule has 2 aromatic rings. The van der Waals surface area contributed by atoms with Gasteiger partial charge in [0, 0.05) is 10.6 Å². The van der Waals surface area contributed by atoms with E-state index in [2.05, 4.69) is 0 Å². The zero-order valence-corrected chi connectivity index (χ0v) is 19.6. The van der Waals surface area contributed by atoms with Crippen LogP contribution in [0.4, 0.5) is 0 Å². The predicted molar refractivity (Wildman–Crippen MR) is 126 cm³/mol. The van der Waals surface area contributed by atoms with Crippen LogP contribution in [0, 0.1) is 11.8 Å². The summed E-state index contributed by atoms with van der Waals surface area (Å²) in [5, 5.41) is 10.5. The number of fused-ring (bicyclic) bond motifs is 1. The number of halogens is 1. The third-order valence-corrected chi connectivity index (χ3v) is 7.83. The summed E-state index contributed by atoms with van der Waals surface area (Å²) in [5.74, 6) is 1.45. The summed E-state index contributed by atoms with van der Waals surface area (Å²) in [6.07, 6.45) is 9.95. The van der Waals surface area contributed by atoms with Gasteiger partial charge < -0.3 is 19.3 Å². The molecule has 2 fully saturated rings. The molecule has 1 N–H and O–H groups in total. The smallest absolute Gasteiger partial charge is 0.373 e. The van der Waals surface area contributed by atoms with E-state index in [-0.39, 0.29) is 11.8 Å². The number of rotatable bonds is 5. The second kappa shape index (κ2) is 9.55. The molecule has 33 heavy (non-hydrogen) atoms. The van der Waals surface area contributed by atoms with E-state index in [9.17, 15) is 9.90 Å². The second-order valence-electron chi connectivity index (χ2n) is 9.58. The first kappa shape index (κ1) is 22.5. The standard InChI is InChI=1S/C27H31ClO5/c28-20-11-13-21(14-12-20)31-22-15-16-24-23(17-22)27(18-7-3-1-4-8-18,19-9-5-2-6-10-19)33-26(32-24)25(29)30/h11-19,26H,1-10H2,(H,29,30). The highest BCUT2D eigenvalue weighted by atomic mass is 35.5. The van der Waals surface area contributed by atoms with E-state index in [1.807, 2.05) is 30.3 Å². The van der Waals surface area contributed by atoms with Gasteiger partial charge in [-0.1, -0.05) is 50.1 Å². The van der Waals surface area contributed by atoms with Gasteiger partial charge in [-0.2, -0.15) is 0 Å². The largest absolute Gasteiger partial charge is 0.477 e. The van der Waals surface area contributed by atoms with Gasteiger partial charge in [-0.25, -0.2) is 4.79 Å². The fraction of sp³-hybridized carbons (Fsp3) is 0.519. The fourth-order valence-electron chi connectivity index (χ4n) is 6.13. The molecule has 1 unspecified atom stereocenters. The van der Waals surface area contributed by atoms with Crippen LogP contribution in [-0.4, -0.2) is 17.4 Å². The maximum atomic E-state index is 12.1. The van der Waals surface area contributed by atoms with Gasteiger partial charge >= 0.3 is 5.97 Å². The monoisotopic (exact) mass is 470 g/mol. The number of carboxylic acid groups (broad SMARTS) is 1. The molecule has 0 amide bonds. The molecule has 1 heterocycles. The zero-order chi connectivity index (χ0) is 22.8. The Kier molecular flexibility index (Phi) is 6.53. The van der Waals surface area contributed by atoms with Crippen LogP contribution in [0.2, 0.25) is 5.02 Å². The maximum absolute atomic E-state index is 12.1. The molecule has 6 heteroatoms. The van der Waals surface area contributed by atoms with Crippen molar-refractivity contribution in [1.82, 2.24) is 0 Å². The Morgan fingerprint density at radius 3 is 2.03 bits per heavy atom. The molecule has 1 atom stereocenters. The highest BCUT2D eigenvalue weighted by molar-refractivity contribution is 6.30. The number of ether oxygens (including phenoxy) is 3. The van der Waals surface area contributed by atoms with Gasteiger partial charge in [-0.05, 0) is 80.0 Å². The van der Waals surface area contributed by atoms with Crippen molar-refractivity contribution < 1.29 is 24.1 Å². The van der Waals surface area contributed by atoms with Crippen molar-refractivity contribution in [2.24, 2.45) is 11.8 Å². The summed E-state index contributed by atoms with van der Waals surface area (Å²) >= 11 is 6.02. The van der Waals surface area contributed by atoms with Crippen molar-refractivity contribution in [3.63, 3.8) is 0 Å². The van der Waals surface area contributed by atoms with Gasteiger partial charge in [-0.3, -0.25) is 0 Å². The van der Waals surface area contributed by atoms with E-state index in [0.29, 0.717) is 22.3 Å². The number of aliphatic carboxylic acids is 1. The number of hydrogen-bond acceptors (Lipinski definition) is 4. The van der Waals surface area contributed by atoms with E-state index < -0.39 is 17.9 Å². The number of carbonyl (C=O) groups is 1. The Morgan fingerprint density at radius 2 is 1.45 bits per heavy atom. The van der Waals surface area contributed by atoms with Crippen LogP contribution in [0.1, 0.15) is 69.8 Å². The Hall–Kier alpha value is -2.24. The van der Waals surface area contributed by atoms with Crippen molar-refractivity contribution >= 4 is 17.6 Å². The minimum atomic E-state index is -1.29. The molecule has 0 radical (unpaired) electrons. The first-order valence-corrected chi connectivity index (χ1v) is 12.6. The fourth-order valence-corrected chi connectivity index (χ4v) is 6.25. The molecule has 2 aliphatic carbocycles. The van der Waals surface area contributed by atoms with Crippen LogP contribution < -0.4 is 9.47 Å². The summed E-state index contributed by atoms with van der Waals surface area (Å²) in [5.41, 5.74) is 0.280. The summed E-state index contributed by atoms with van der Waals surface area (Å²) < 4.78 is 18.6. The summed E-state index contributed by atoms with van der Waals surface area (Å²) in [6, 6.07) is 13.0. The summed E-state index contributed by atoms with van der Waals surface area (Å²) in [6.45, 7) is 0. The van der Waals surface area contributed by atoms with E-state index in [1.54, 1.807) is 12.1 Å². The quantitative estimate of drug-likeness (QED) is 0.496. The second-order valence-corrected chi connectivity index (χ2v) is 10.0. The van der Waals surface area contributed by atoms with Gasteiger partial charge in [0.05, 0.1) is 0 Å². The molecule has 0 saturated heterocycles. The number of carboxylic acids is 1. The molecule has 2 saturated carbocycles. The maximum Gasteiger partial charge on any atom is 0.373 e. The summed E-state index contributed by atoms with van der Waals surface area (Å²) in [4.78, 5) is 12.1. The van der Waals surface area contributed by atoms with E-state index in [1.165, 1.54) is 12.8 Å². The molecular formula is C27H31ClO5. The van der Waals surface area contributed by atoms with Crippen molar-refractivity contribution in [3.05, 3.63) is 53.1 Å². The molecule has 1 aliphatic heterocycles. The topological polar surface area (TPSA) is 65.0 Å². The first-order chi connectivity index (χ1) is 16.1. The Labute approximate surface area is 200 Å². The summed E-state index contributed by atoms with van der Waals surface area (Å²) in [7, 11) is 0. The lowest BCUT2D eigenvalue weighted by Gasteiger charge is -2.52. The van der Waals surface area contributed by atoms with Crippen molar-refractivity contribution in [2.45, 2.75) is 76.1 Å². The Bertz CT molecular complexity index is 959. The van der Waals surface area contributed by atoms with E-state index in [0.717, 1.165) is 56.9 Å². The molecule has 3 aliphatic rings. The molecule has 0 spiro atoms. The lowest BCUT2D eigenvalue weighted by Crippen LogP contribution is -2.54. The zero-order valence-electron chi connectivity index (χ0n) is 18.8. The van der Waals surface area contributed by atoms with E-state index in [4.69, 9.17) is 25.8 Å². The molecule has 0 bridgehead atoms. The van der Waals surface area contributed by atoms with Crippen LogP contribution in [0.25, 0.3) is 0 Å². The van der Waals surface area contributed by atoms with Gasteiger partial charge in [0.25, 0.3) is 6.29 Å². The third kappa shape index (κ3) is 4.45. The van der Waals surface area contributed by atoms with Crippen LogP contribution in [0.3, 0.4) is 0 Å². The van der Waals surface area contributed by atoms with Gasteiger partial charge in [0.2, 0.25) is 0 Å². The van der Waals surface area contributed by atoms with E-state index >= 15 is 0 Å². The highest BCUT2D eigenvalue weighted by Crippen LogP contribution is 2.56. The van der Waals surface area contributed by atoms with Gasteiger partial charge in [0.1, 0.15) is 22.8 Å².